The zero-order valence-electron chi connectivity index (χ0n) is 13.2. The third kappa shape index (κ3) is 5.15. The fourth-order valence-corrected chi connectivity index (χ4v) is 2.85. The number of halogens is 3. The molecular weight excluding hydrogens is 319 g/mol. The van der Waals surface area contributed by atoms with E-state index >= 15 is 0 Å². The molecule has 2 N–H and O–H groups in total. The minimum Gasteiger partial charge on any atom is -0.385 e. The van der Waals surface area contributed by atoms with Crippen molar-refractivity contribution < 1.29 is 18.0 Å². The summed E-state index contributed by atoms with van der Waals surface area (Å²) in [6.45, 7) is 0.238. The van der Waals surface area contributed by atoms with Crippen LogP contribution >= 0.6 is 0 Å². The molecule has 4 nitrogen and oxygen atoms in total. The molecule has 0 unspecified atom stereocenters. The van der Waals surface area contributed by atoms with Gasteiger partial charge in [0.15, 0.2) is 0 Å². The van der Waals surface area contributed by atoms with Crippen LogP contribution in [-0.4, -0.2) is 18.5 Å². The van der Waals surface area contributed by atoms with Gasteiger partial charge in [0.2, 0.25) is 5.91 Å². The molecule has 0 spiro atoms. The third-order valence-corrected chi connectivity index (χ3v) is 4.10. The molecule has 0 heterocycles. The molecule has 1 aromatic carbocycles. The zero-order chi connectivity index (χ0) is 17.6. The quantitative estimate of drug-likeness (QED) is 0.857. The molecule has 1 saturated carbocycles. The number of alkyl halides is 3. The van der Waals surface area contributed by atoms with Crippen LogP contribution < -0.4 is 10.6 Å². The SMILES string of the molecule is N#Cc1ccc(NCCC(=O)NC2CCCCC2)cc1C(F)(F)F. The molecule has 1 fully saturated rings. The fourth-order valence-electron chi connectivity index (χ4n) is 2.85. The predicted octanol–water partition coefficient (Wildman–Crippen LogP) is 3.83. The van der Waals surface area contributed by atoms with E-state index in [1.807, 2.05) is 0 Å². The summed E-state index contributed by atoms with van der Waals surface area (Å²) in [5.41, 5.74) is -1.14. The Bertz CT molecular complexity index is 616. The maximum absolute atomic E-state index is 12.9. The molecule has 0 aliphatic heterocycles. The van der Waals surface area contributed by atoms with Crippen LogP contribution in [0.3, 0.4) is 0 Å². The molecule has 2 rings (SSSR count). The lowest BCUT2D eigenvalue weighted by molar-refractivity contribution is -0.137. The van der Waals surface area contributed by atoms with Crippen molar-refractivity contribution in [3.05, 3.63) is 29.3 Å². The zero-order valence-corrected chi connectivity index (χ0v) is 13.2. The molecule has 7 heteroatoms. The fraction of sp³-hybridized carbons (Fsp3) is 0.529. The van der Waals surface area contributed by atoms with E-state index < -0.39 is 17.3 Å². The van der Waals surface area contributed by atoms with Crippen LogP contribution in [0, 0.1) is 11.3 Å². The minimum absolute atomic E-state index is 0.0981. The van der Waals surface area contributed by atoms with Crippen molar-refractivity contribution in [2.24, 2.45) is 0 Å². The first-order valence-corrected chi connectivity index (χ1v) is 8.04. The highest BCUT2D eigenvalue weighted by Gasteiger charge is 2.33. The highest BCUT2D eigenvalue weighted by Crippen LogP contribution is 2.33. The first-order valence-electron chi connectivity index (χ1n) is 8.04. The van der Waals surface area contributed by atoms with E-state index in [4.69, 9.17) is 5.26 Å². The van der Waals surface area contributed by atoms with Gasteiger partial charge in [-0.3, -0.25) is 4.79 Å². The number of nitrogens with one attached hydrogen (secondary N) is 2. The van der Waals surface area contributed by atoms with Crippen molar-refractivity contribution in [1.29, 1.82) is 5.26 Å². The van der Waals surface area contributed by atoms with Crippen LogP contribution in [0.5, 0.6) is 0 Å². The Morgan fingerprint density at radius 2 is 1.96 bits per heavy atom. The average Bonchev–Trinajstić information content (AvgIpc) is 2.55. The number of benzene rings is 1. The van der Waals surface area contributed by atoms with E-state index in [-0.39, 0.29) is 30.6 Å². The number of rotatable bonds is 5. The lowest BCUT2D eigenvalue weighted by atomic mass is 9.95. The van der Waals surface area contributed by atoms with Gasteiger partial charge < -0.3 is 10.6 Å². The Morgan fingerprint density at radius 3 is 2.58 bits per heavy atom. The third-order valence-electron chi connectivity index (χ3n) is 4.10. The van der Waals surface area contributed by atoms with Crippen molar-refractivity contribution in [2.75, 3.05) is 11.9 Å². The molecule has 0 radical (unpaired) electrons. The molecule has 0 saturated heterocycles. The molecule has 130 valence electrons. The summed E-state index contributed by atoms with van der Waals surface area (Å²) < 4.78 is 38.6. The number of carbonyl (C=O) groups is 1. The normalized spacial score (nSPS) is 15.6. The highest BCUT2D eigenvalue weighted by atomic mass is 19.4. The molecule has 0 aromatic heterocycles. The van der Waals surface area contributed by atoms with Crippen LogP contribution in [-0.2, 0) is 11.0 Å². The first-order chi connectivity index (χ1) is 11.4. The number of carbonyl (C=O) groups excluding carboxylic acids is 1. The van der Waals surface area contributed by atoms with Gasteiger partial charge in [0, 0.05) is 24.7 Å². The Kier molecular flexibility index (Phi) is 6.07. The monoisotopic (exact) mass is 339 g/mol. The second-order valence-corrected chi connectivity index (χ2v) is 5.95. The Balaban J connectivity index is 1.86. The van der Waals surface area contributed by atoms with Crippen molar-refractivity contribution in [3.8, 4) is 6.07 Å². The lowest BCUT2D eigenvalue weighted by Gasteiger charge is -2.22. The summed E-state index contributed by atoms with van der Waals surface area (Å²) in [4.78, 5) is 11.9. The smallest absolute Gasteiger partial charge is 0.385 e. The summed E-state index contributed by atoms with van der Waals surface area (Å²) in [5, 5.41) is 14.5. The lowest BCUT2D eigenvalue weighted by Crippen LogP contribution is -2.36. The second-order valence-electron chi connectivity index (χ2n) is 5.95. The van der Waals surface area contributed by atoms with Crippen molar-refractivity contribution in [2.45, 2.75) is 50.7 Å². The molecular formula is C17H20F3N3O. The van der Waals surface area contributed by atoms with Crippen LogP contribution in [0.4, 0.5) is 18.9 Å². The summed E-state index contributed by atoms with van der Waals surface area (Å²) in [7, 11) is 0. The summed E-state index contributed by atoms with van der Waals surface area (Å²) in [6.07, 6.45) is 1.03. The predicted molar refractivity (Wildman–Crippen MR) is 84.3 cm³/mol. The van der Waals surface area contributed by atoms with Crippen LogP contribution in [0.25, 0.3) is 0 Å². The summed E-state index contributed by atoms with van der Waals surface area (Å²) in [6, 6.07) is 5.20. The summed E-state index contributed by atoms with van der Waals surface area (Å²) in [5.74, 6) is -0.0981. The number of hydrogen-bond donors (Lipinski definition) is 2. The van der Waals surface area contributed by atoms with Gasteiger partial charge in [0.25, 0.3) is 0 Å². The second kappa shape index (κ2) is 8.04. The standard InChI is InChI=1S/C17H20F3N3O/c18-17(19,20)15-10-14(7-6-12(15)11-21)22-9-8-16(24)23-13-4-2-1-3-5-13/h6-7,10,13,22H,1-5,8-9H2,(H,23,24). The van der Waals surface area contributed by atoms with Crippen LogP contribution in [0.1, 0.15) is 49.7 Å². The van der Waals surface area contributed by atoms with E-state index in [1.54, 1.807) is 0 Å². The van der Waals surface area contributed by atoms with Gasteiger partial charge >= 0.3 is 6.18 Å². The van der Waals surface area contributed by atoms with E-state index in [2.05, 4.69) is 10.6 Å². The van der Waals surface area contributed by atoms with E-state index in [0.717, 1.165) is 37.8 Å². The van der Waals surface area contributed by atoms with Crippen molar-refractivity contribution in [1.82, 2.24) is 5.32 Å². The number of anilines is 1. The Hall–Kier alpha value is -2.23. The van der Waals surface area contributed by atoms with Crippen LogP contribution in [0.2, 0.25) is 0 Å². The first kappa shape index (κ1) is 18.1. The number of nitrogens with zero attached hydrogens (tertiary/aromatic N) is 1. The van der Waals surface area contributed by atoms with Crippen molar-refractivity contribution in [3.63, 3.8) is 0 Å². The van der Waals surface area contributed by atoms with E-state index in [9.17, 15) is 18.0 Å². The molecule has 24 heavy (non-hydrogen) atoms. The van der Waals surface area contributed by atoms with Crippen molar-refractivity contribution >= 4 is 11.6 Å². The number of nitriles is 1. The average molecular weight is 339 g/mol. The molecule has 1 amide bonds. The van der Waals surface area contributed by atoms with Gasteiger partial charge in [0.05, 0.1) is 17.2 Å². The molecule has 1 aromatic rings. The number of amides is 1. The molecule has 0 bridgehead atoms. The topological polar surface area (TPSA) is 64.9 Å². The van der Waals surface area contributed by atoms with Gasteiger partial charge in [-0.2, -0.15) is 18.4 Å². The van der Waals surface area contributed by atoms with E-state index in [1.165, 1.54) is 18.6 Å². The largest absolute Gasteiger partial charge is 0.417 e. The highest BCUT2D eigenvalue weighted by molar-refractivity contribution is 5.76. The Labute approximate surface area is 139 Å². The van der Waals surface area contributed by atoms with Gasteiger partial charge in [0.1, 0.15) is 0 Å². The molecule has 1 aliphatic rings. The van der Waals surface area contributed by atoms with Gasteiger partial charge in [-0.15, -0.1) is 0 Å². The minimum atomic E-state index is -4.58. The maximum atomic E-state index is 12.9. The van der Waals surface area contributed by atoms with E-state index in [0.29, 0.717) is 0 Å². The molecule has 0 atom stereocenters. The van der Waals surface area contributed by atoms with Crippen LogP contribution in [0.15, 0.2) is 18.2 Å². The Morgan fingerprint density at radius 1 is 1.25 bits per heavy atom. The van der Waals surface area contributed by atoms with Gasteiger partial charge in [-0.1, -0.05) is 19.3 Å². The maximum Gasteiger partial charge on any atom is 0.417 e. The van der Waals surface area contributed by atoms with Gasteiger partial charge in [-0.25, -0.2) is 0 Å². The van der Waals surface area contributed by atoms with Gasteiger partial charge in [-0.05, 0) is 31.0 Å². The summed E-state index contributed by atoms with van der Waals surface area (Å²) >= 11 is 0. The molecule has 1 aliphatic carbocycles. The number of hydrogen-bond acceptors (Lipinski definition) is 3.